The molecule has 4 heteroatoms. The summed E-state index contributed by atoms with van der Waals surface area (Å²) in [5, 5.41) is 0. The quantitative estimate of drug-likeness (QED) is 0.803. The van der Waals surface area contributed by atoms with E-state index in [2.05, 4.69) is 43.6 Å². The van der Waals surface area contributed by atoms with Crippen LogP contribution < -0.4 is 0 Å². The number of fused-ring (bicyclic) bond motifs is 1. The van der Waals surface area contributed by atoms with Crippen molar-refractivity contribution in [3.8, 4) is 0 Å². The lowest BCUT2D eigenvalue weighted by molar-refractivity contribution is 0.0835. The van der Waals surface area contributed by atoms with Crippen LogP contribution in [0.2, 0.25) is 0 Å². The molecule has 3 nitrogen and oxygen atoms in total. The Hall–Kier alpha value is -0.870. The summed E-state index contributed by atoms with van der Waals surface area (Å²) in [7, 11) is 0. The van der Waals surface area contributed by atoms with Crippen LogP contribution in [0, 0.1) is 0 Å². The largest absolute Gasteiger partial charge is 0.381 e. The van der Waals surface area contributed by atoms with Gasteiger partial charge >= 0.3 is 0 Å². The fourth-order valence-electron chi connectivity index (χ4n) is 2.25. The molecule has 3 rings (SSSR count). The predicted octanol–water partition coefficient (Wildman–Crippen LogP) is 2.99. The Bertz CT molecular complexity index is 503. The van der Waals surface area contributed by atoms with Crippen molar-refractivity contribution in [3.63, 3.8) is 0 Å². The first-order valence-corrected chi connectivity index (χ1v) is 6.34. The minimum Gasteiger partial charge on any atom is -0.381 e. The third-order valence-corrected chi connectivity index (χ3v) is 3.60. The van der Waals surface area contributed by atoms with Crippen LogP contribution in [0.5, 0.6) is 0 Å². The van der Waals surface area contributed by atoms with E-state index in [-0.39, 0.29) is 0 Å². The highest BCUT2D eigenvalue weighted by molar-refractivity contribution is 9.10. The first-order chi connectivity index (χ1) is 7.84. The average Bonchev–Trinajstić information content (AvgIpc) is 2.73. The fourth-order valence-corrected chi connectivity index (χ4v) is 2.60. The summed E-state index contributed by atoms with van der Waals surface area (Å²) in [6, 6.07) is 4.15. The number of hydrogen-bond acceptors (Lipinski definition) is 2. The summed E-state index contributed by atoms with van der Waals surface area (Å²) >= 11 is 3.48. The van der Waals surface area contributed by atoms with E-state index >= 15 is 0 Å². The molecule has 0 radical (unpaired) electrons. The number of pyridine rings is 1. The van der Waals surface area contributed by atoms with Crippen molar-refractivity contribution < 1.29 is 4.74 Å². The zero-order valence-corrected chi connectivity index (χ0v) is 10.5. The zero-order chi connectivity index (χ0) is 11.0. The molecule has 3 heterocycles. The topological polar surface area (TPSA) is 26.5 Å². The van der Waals surface area contributed by atoms with E-state index < -0.39 is 0 Å². The van der Waals surface area contributed by atoms with Gasteiger partial charge in [0.15, 0.2) is 0 Å². The van der Waals surface area contributed by atoms with Gasteiger partial charge in [-0.15, -0.1) is 0 Å². The lowest BCUT2D eigenvalue weighted by Gasteiger charge is -2.20. The summed E-state index contributed by atoms with van der Waals surface area (Å²) in [5.41, 5.74) is 1.15. The van der Waals surface area contributed by atoms with Crippen LogP contribution in [-0.2, 0) is 4.74 Å². The normalized spacial score (nSPS) is 18.1. The van der Waals surface area contributed by atoms with Gasteiger partial charge in [0.25, 0.3) is 0 Å². The molecule has 0 aromatic carbocycles. The maximum atomic E-state index is 5.38. The van der Waals surface area contributed by atoms with E-state index in [1.807, 2.05) is 6.20 Å². The van der Waals surface area contributed by atoms with Crippen molar-refractivity contribution in [2.45, 2.75) is 18.8 Å². The van der Waals surface area contributed by atoms with Crippen molar-refractivity contribution in [2.24, 2.45) is 0 Å². The highest BCUT2D eigenvalue weighted by Gasteiger charge is 2.19. The molecule has 0 bridgehead atoms. The molecule has 1 saturated heterocycles. The third-order valence-electron chi connectivity index (χ3n) is 3.11. The Morgan fingerprint density at radius 3 is 3.00 bits per heavy atom. The Balaban J connectivity index is 2.03. The van der Waals surface area contributed by atoms with Crippen molar-refractivity contribution in [1.29, 1.82) is 0 Å². The molecule has 0 atom stereocenters. The average molecular weight is 281 g/mol. The van der Waals surface area contributed by atoms with Gasteiger partial charge in [-0.05, 0) is 25.0 Å². The molecule has 2 aromatic rings. The number of rotatable bonds is 1. The van der Waals surface area contributed by atoms with Gasteiger partial charge in [-0.2, -0.15) is 0 Å². The number of ether oxygens (including phenoxy) is 1. The number of imidazole rings is 1. The Morgan fingerprint density at radius 2 is 2.19 bits per heavy atom. The van der Waals surface area contributed by atoms with Crippen LogP contribution >= 0.6 is 15.9 Å². The maximum Gasteiger partial charge on any atom is 0.116 e. The van der Waals surface area contributed by atoms with Gasteiger partial charge in [-0.3, -0.25) is 0 Å². The molecule has 0 N–H and O–H groups in total. The van der Waals surface area contributed by atoms with E-state index in [0.717, 1.165) is 36.0 Å². The number of nitrogens with zero attached hydrogens (tertiary/aromatic N) is 2. The van der Waals surface area contributed by atoms with Gasteiger partial charge < -0.3 is 9.14 Å². The Kier molecular flexibility index (Phi) is 2.69. The Labute approximate surface area is 103 Å². The molecule has 1 fully saturated rings. The second-order valence-electron chi connectivity index (χ2n) is 4.14. The summed E-state index contributed by atoms with van der Waals surface area (Å²) in [6.45, 7) is 1.71. The first-order valence-electron chi connectivity index (χ1n) is 5.55. The van der Waals surface area contributed by atoms with Gasteiger partial charge in [0.2, 0.25) is 0 Å². The molecule has 16 heavy (non-hydrogen) atoms. The monoisotopic (exact) mass is 280 g/mol. The van der Waals surface area contributed by atoms with E-state index in [1.54, 1.807) is 0 Å². The van der Waals surface area contributed by atoms with Crippen LogP contribution in [0.15, 0.2) is 29.0 Å². The highest BCUT2D eigenvalue weighted by atomic mass is 79.9. The van der Waals surface area contributed by atoms with Crippen molar-refractivity contribution in [2.75, 3.05) is 13.2 Å². The molecule has 0 amide bonds. The van der Waals surface area contributed by atoms with Gasteiger partial charge in [0.05, 0.1) is 11.7 Å². The lowest BCUT2D eigenvalue weighted by atomic mass is 10.00. The van der Waals surface area contributed by atoms with Gasteiger partial charge in [-0.25, -0.2) is 4.98 Å². The zero-order valence-electron chi connectivity index (χ0n) is 8.90. The molecule has 0 saturated carbocycles. The number of hydrogen-bond donors (Lipinski definition) is 0. The second-order valence-corrected chi connectivity index (χ2v) is 5.06. The summed E-state index contributed by atoms with van der Waals surface area (Å²) in [6.07, 6.45) is 6.18. The fraction of sp³-hybridized carbons (Fsp3) is 0.417. The maximum absolute atomic E-state index is 5.38. The third kappa shape index (κ3) is 1.76. The molecule has 2 aromatic heterocycles. The predicted molar refractivity (Wildman–Crippen MR) is 65.7 cm³/mol. The summed E-state index contributed by atoms with van der Waals surface area (Å²) < 4.78 is 8.66. The highest BCUT2D eigenvalue weighted by Crippen LogP contribution is 2.27. The minimum absolute atomic E-state index is 0.539. The molecule has 0 unspecified atom stereocenters. The van der Waals surface area contributed by atoms with Crippen LogP contribution in [0.1, 0.15) is 24.6 Å². The van der Waals surface area contributed by atoms with Crippen molar-refractivity contribution >= 4 is 21.4 Å². The molecule has 0 spiro atoms. The number of aromatic nitrogens is 2. The standard InChI is InChI=1S/C12H13BrN2O/c13-10-1-4-15-11(7-10)8-14-12(15)9-2-5-16-6-3-9/h1,4,7-9H,2-3,5-6H2. The lowest BCUT2D eigenvalue weighted by Crippen LogP contribution is -2.16. The van der Waals surface area contributed by atoms with E-state index in [0.29, 0.717) is 5.92 Å². The van der Waals surface area contributed by atoms with Crippen molar-refractivity contribution in [1.82, 2.24) is 9.38 Å². The van der Waals surface area contributed by atoms with E-state index in [4.69, 9.17) is 4.74 Å². The first kappa shape index (κ1) is 10.3. The Morgan fingerprint density at radius 1 is 1.38 bits per heavy atom. The van der Waals surface area contributed by atoms with Crippen LogP contribution in [0.25, 0.3) is 5.52 Å². The molecular formula is C12H13BrN2O. The molecular weight excluding hydrogens is 268 g/mol. The SMILES string of the molecule is Brc1ccn2c(C3CCOCC3)ncc2c1. The minimum atomic E-state index is 0.539. The smallest absolute Gasteiger partial charge is 0.116 e. The molecule has 0 aliphatic carbocycles. The van der Waals surface area contributed by atoms with Gasteiger partial charge in [-0.1, -0.05) is 15.9 Å². The second kappa shape index (κ2) is 4.18. The molecule has 1 aliphatic rings. The van der Waals surface area contributed by atoms with Gasteiger partial charge in [0.1, 0.15) is 5.82 Å². The van der Waals surface area contributed by atoms with Crippen LogP contribution in [0.4, 0.5) is 0 Å². The molecule has 84 valence electrons. The molecule has 1 aliphatic heterocycles. The van der Waals surface area contributed by atoms with Crippen LogP contribution in [-0.4, -0.2) is 22.6 Å². The van der Waals surface area contributed by atoms with Crippen molar-refractivity contribution in [3.05, 3.63) is 34.8 Å². The van der Waals surface area contributed by atoms with Gasteiger partial charge in [0, 0.05) is 29.8 Å². The van der Waals surface area contributed by atoms with Crippen LogP contribution in [0.3, 0.4) is 0 Å². The van der Waals surface area contributed by atoms with E-state index in [9.17, 15) is 0 Å². The number of halogens is 1. The summed E-state index contributed by atoms with van der Waals surface area (Å²) in [5.74, 6) is 1.71. The van der Waals surface area contributed by atoms with E-state index in [1.165, 1.54) is 5.82 Å². The summed E-state index contributed by atoms with van der Waals surface area (Å²) in [4.78, 5) is 4.55.